The van der Waals surface area contributed by atoms with Crippen molar-refractivity contribution >= 4 is 21.5 Å². The molecule has 116 valence electrons. The van der Waals surface area contributed by atoms with E-state index in [2.05, 4.69) is 0 Å². The molecule has 1 aliphatic carbocycles. The van der Waals surface area contributed by atoms with Crippen molar-refractivity contribution in [2.24, 2.45) is 0 Å². The molecule has 1 aromatic rings. The highest BCUT2D eigenvalue weighted by Crippen LogP contribution is 2.31. The quantitative estimate of drug-likeness (QED) is 0.819. The maximum atomic E-state index is 11.6. The van der Waals surface area contributed by atoms with E-state index in [1.165, 1.54) is 12.3 Å². The summed E-state index contributed by atoms with van der Waals surface area (Å²) in [6.07, 6.45) is 3.38. The van der Waals surface area contributed by atoms with Gasteiger partial charge in [-0.3, -0.25) is 0 Å². The van der Waals surface area contributed by atoms with E-state index in [9.17, 15) is 18.3 Å². The molecule has 1 saturated carbocycles. The molecule has 0 amide bonds. The number of carbonyl (C=O) groups is 1. The number of hydrogen-bond donors (Lipinski definition) is 2. The molecule has 21 heavy (non-hydrogen) atoms. The highest BCUT2D eigenvalue weighted by Gasteiger charge is 2.30. The van der Waals surface area contributed by atoms with Crippen molar-refractivity contribution in [3.05, 3.63) is 23.8 Å². The lowest BCUT2D eigenvalue weighted by Crippen LogP contribution is -2.33. The molecule has 0 aromatic heterocycles. The Balaban J connectivity index is 2.19. The van der Waals surface area contributed by atoms with Crippen LogP contribution in [0.5, 0.6) is 5.75 Å². The number of carboxylic acids is 1. The van der Waals surface area contributed by atoms with E-state index < -0.39 is 21.1 Å². The van der Waals surface area contributed by atoms with Crippen LogP contribution in [0.2, 0.25) is 0 Å². The summed E-state index contributed by atoms with van der Waals surface area (Å²) in [6, 6.07) is 4.66. The van der Waals surface area contributed by atoms with E-state index in [1.54, 1.807) is 12.1 Å². The summed E-state index contributed by atoms with van der Waals surface area (Å²) in [5, 5.41) is 8.78. The van der Waals surface area contributed by atoms with Gasteiger partial charge in [0.15, 0.2) is 0 Å². The van der Waals surface area contributed by atoms with Gasteiger partial charge in [-0.2, -0.15) is 0 Å². The largest absolute Gasteiger partial charge is 0.489 e. The summed E-state index contributed by atoms with van der Waals surface area (Å²) in [6.45, 7) is 0. The molecule has 1 fully saturated rings. The lowest BCUT2D eigenvalue weighted by atomic mass is 9.97. The smallest absolute Gasteiger partial charge is 0.341 e. The predicted molar refractivity (Wildman–Crippen MR) is 79.3 cm³/mol. The minimum atomic E-state index is -3.11. The van der Waals surface area contributed by atoms with Crippen LogP contribution in [0.1, 0.15) is 36.0 Å². The van der Waals surface area contributed by atoms with Crippen molar-refractivity contribution in [1.29, 1.82) is 0 Å². The Morgan fingerprint density at radius 3 is 2.71 bits per heavy atom. The van der Waals surface area contributed by atoms with Crippen molar-refractivity contribution < 1.29 is 23.1 Å². The van der Waals surface area contributed by atoms with Crippen LogP contribution in [0.4, 0.5) is 5.69 Å². The lowest BCUT2D eigenvalue weighted by Gasteiger charge is -2.29. The molecule has 2 atom stereocenters. The van der Waals surface area contributed by atoms with Gasteiger partial charge in [-0.15, -0.1) is 0 Å². The fourth-order valence-corrected chi connectivity index (χ4v) is 3.81. The van der Waals surface area contributed by atoms with Crippen LogP contribution in [-0.2, 0) is 9.84 Å². The number of anilines is 1. The van der Waals surface area contributed by atoms with Crippen LogP contribution in [0.15, 0.2) is 18.2 Å². The third-order valence-electron chi connectivity index (χ3n) is 3.75. The average Bonchev–Trinajstić information content (AvgIpc) is 2.37. The number of ether oxygens (including phenoxy) is 1. The summed E-state index contributed by atoms with van der Waals surface area (Å²) < 4.78 is 29.0. The van der Waals surface area contributed by atoms with Gasteiger partial charge in [0.05, 0.1) is 11.4 Å². The van der Waals surface area contributed by atoms with Crippen molar-refractivity contribution in [2.75, 3.05) is 12.0 Å². The zero-order valence-corrected chi connectivity index (χ0v) is 12.6. The number of nitrogens with two attached hydrogens (primary N) is 1. The van der Waals surface area contributed by atoms with Crippen LogP contribution < -0.4 is 10.5 Å². The van der Waals surface area contributed by atoms with Crippen LogP contribution in [0.3, 0.4) is 0 Å². The zero-order valence-electron chi connectivity index (χ0n) is 11.8. The van der Waals surface area contributed by atoms with Crippen LogP contribution in [0, 0.1) is 0 Å². The van der Waals surface area contributed by atoms with Crippen molar-refractivity contribution in [1.82, 2.24) is 0 Å². The Hall–Kier alpha value is -1.76. The van der Waals surface area contributed by atoms with E-state index in [1.807, 2.05) is 0 Å². The second-order valence-electron chi connectivity index (χ2n) is 5.38. The maximum Gasteiger partial charge on any atom is 0.341 e. The second-order valence-corrected chi connectivity index (χ2v) is 7.71. The lowest BCUT2D eigenvalue weighted by molar-refractivity contribution is 0.0687. The molecule has 3 N–H and O–H groups in total. The van der Waals surface area contributed by atoms with E-state index in [4.69, 9.17) is 10.5 Å². The van der Waals surface area contributed by atoms with Gasteiger partial charge in [0.25, 0.3) is 0 Å². The fraction of sp³-hybridized carbons (Fsp3) is 0.500. The molecule has 0 spiro atoms. The van der Waals surface area contributed by atoms with Gasteiger partial charge in [-0.05, 0) is 31.4 Å². The number of aromatic carboxylic acids is 1. The first-order valence-corrected chi connectivity index (χ1v) is 8.72. The molecule has 7 heteroatoms. The van der Waals surface area contributed by atoms with Gasteiger partial charge in [-0.1, -0.05) is 6.07 Å². The predicted octanol–water partition coefficient (Wildman–Crippen LogP) is 1.70. The molecule has 0 saturated heterocycles. The van der Waals surface area contributed by atoms with Crippen molar-refractivity contribution in [3.63, 3.8) is 0 Å². The van der Waals surface area contributed by atoms with Crippen LogP contribution >= 0.6 is 0 Å². The average molecular weight is 313 g/mol. The Kier molecular flexibility index (Phi) is 4.41. The molecule has 1 aliphatic rings. The first-order chi connectivity index (χ1) is 9.79. The molecule has 2 unspecified atom stereocenters. The summed E-state index contributed by atoms with van der Waals surface area (Å²) in [5.74, 6) is -0.958. The number of hydrogen-bond acceptors (Lipinski definition) is 5. The molecule has 0 heterocycles. The van der Waals surface area contributed by atoms with Gasteiger partial charge in [0.2, 0.25) is 0 Å². The number of nitrogen functional groups attached to an aromatic ring is 1. The standard InChI is InChI=1S/C14H19NO5S/c1-21(18,19)10-5-2-4-9(8-10)20-12-7-3-6-11(15)13(12)14(16)17/h3,6-7,9-10H,2,4-5,8,15H2,1H3,(H,16,17). The van der Waals surface area contributed by atoms with E-state index >= 15 is 0 Å². The van der Waals surface area contributed by atoms with Crippen molar-refractivity contribution in [3.8, 4) is 5.75 Å². The molecule has 0 bridgehead atoms. The summed E-state index contributed by atoms with van der Waals surface area (Å²) in [4.78, 5) is 11.3. The Morgan fingerprint density at radius 1 is 1.38 bits per heavy atom. The number of carboxylic acid groups (broad SMARTS) is 1. The van der Waals surface area contributed by atoms with Crippen LogP contribution in [0.25, 0.3) is 0 Å². The molecule has 2 rings (SSSR count). The third-order valence-corrected chi connectivity index (χ3v) is 5.39. The second kappa shape index (κ2) is 5.93. The number of benzene rings is 1. The van der Waals surface area contributed by atoms with Gasteiger partial charge in [0, 0.05) is 18.4 Å². The Bertz CT molecular complexity index is 641. The molecule has 0 radical (unpaired) electrons. The minimum Gasteiger partial charge on any atom is -0.489 e. The monoisotopic (exact) mass is 313 g/mol. The molecule has 1 aromatic carbocycles. The number of sulfone groups is 1. The van der Waals surface area contributed by atoms with Gasteiger partial charge >= 0.3 is 5.97 Å². The van der Waals surface area contributed by atoms with E-state index in [0.717, 1.165) is 6.42 Å². The number of rotatable bonds is 4. The Labute approximate surface area is 123 Å². The Morgan fingerprint density at radius 2 is 2.10 bits per heavy atom. The first-order valence-electron chi connectivity index (χ1n) is 6.76. The molecular formula is C14H19NO5S. The van der Waals surface area contributed by atoms with Gasteiger partial charge < -0.3 is 15.6 Å². The highest BCUT2D eigenvalue weighted by molar-refractivity contribution is 7.91. The molecule has 6 nitrogen and oxygen atoms in total. The maximum absolute atomic E-state index is 11.6. The van der Waals surface area contributed by atoms with E-state index in [-0.39, 0.29) is 23.1 Å². The third kappa shape index (κ3) is 3.66. The van der Waals surface area contributed by atoms with Gasteiger partial charge in [-0.25, -0.2) is 13.2 Å². The fourth-order valence-electron chi connectivity index (χ4n) is 2.65. The molecular weight excluding hydrogens is 294 g/mol. The van der Waals surface area contributed by atoms with Crippen LogP contribution in [-0.4, -0.2) is 37.1 Å². The highest BCUT2D eigenvalue weighted by atomic mass is 32.2. The minimum absolute atomic E-state index is 0.0704. The zero-order chi connectivity index (χ0) is 15.6. The summed E-state index contributed by atoms with van der Waals surface area (Å²) >= 11 is 0. The SMILES string of the molecule is CS(=O)(=O)C1CCCC(Oc2cccc(N)c2C(=O)O)C1. The first kappa shape index (κ1) is 15.6. The van der Waals surface area contributed by atoms with Crippen molar-refractivity contribution in [2.45, 2.75) is 37.0 Å². The normalized spacial score (nSPS) is 22.7. The van der Waals surface area contributed by atoms with Gasteiger partial charge in [0.1, 0.15) is 21.2 Å². The summed E-state index contributed by atoms with van der Waals surface area (Å²) in [5.41, 5.74) is 5.73. The van der Waals surface area contributed by atoms with E-state index in [0.29, 0.717) is 19.3 Å². The topological polar surface area (TPSA) is 107 Å². The summed E-state index contributed by atoms with van der Waals surface area (Å²) in [7, 11) is -3.11. The molecule has 0 aliphatic heterocycles.